The van der Waals surface area contributed by atoms with Gasteiger partial charge in [-0.1, -0.05) is 20.8 Å². The van der Waals surface area contributed by atoms with Crippen molar-refractivity contribution in [1.82, 2.24) is 9.97 Å². The van der Waals surface area contributed by atoms with E-state index in [9.17, 15) is 0 Å². The first-order valence-corrected chi connectivity index (χ1v) is 8.49. The fourth-order valence-corrected chi connectivity index (χ4v) is 3.31. The highest BCUT2D eigenvalue weighted by Crippen LogP contribution is 2.61. The molecule has 116 valence electrons. The first-order chi connectivity index (χ1) is 10.2. The van der Waals surface area contributed by atoms with Crippen LogP contribution in [0.2, 0.25) is 0 Å². The van der Waals surface area contributed by atoms with E-state index >= 15 is 0 Å². The van der Waals surface area contributed by atoms with E-state index in [0.717, 1.165) is 37.1 Å². The minimum absolute atomic E-state index is 0.420. The van der Waals surface area contributed by atoms with Crippen LogP contribution in [0, 0.1) is 11.3 Å². The Balaban J connectivity index is 1.73. The van der Waals surface area contributed by atoms with Crippen LogP contribution in [-0.4, -0.2) is 23.1 Å². The molecule has 21 heavy (non-hydrogen) atoms. The molecule has 0 amide bonds. The number of hydrogen-bond donors (Lipinski definition) is 2. The molecule has 1 heterocycles. The first-order valence-electron chi connectivity index (χ1n) is 8.49. The molecule has 1 aromatic heterocycles. The lowest BCUT2D eigenvalue weighted by Gasteiger charge is -2.20. The summed E-state index contributed by atoms with van der Waals surface area (Å²) >= 11 is 0. The zero-order valence-corrected chi connectivity index (χ0v) is 13.6. The van der Waals surface area contributed by atoms with E-state index in [2.05, 4.69) is 41.4 Å². The summed E-state index contributed by atoms with van der Waals surface area (Å²) < 4.78 is 0. The average molecular weight is 288 g/mol. The minimum Gasteiger partial charge on any atom is -0.370 e. The van der Waals surface area contributed by atoms with E-state index in [0.29, 0.717) is 11.3 Å². The first kappa shape index (κ1) is 14.6. The zero-order valence-electron chi connectivity index (χ0n) is 13.6. The molecule has 2 fully saturated rings. The number of aromatic nitrogens is 2. The minimum atomic E-state index is 0.420. The lowest BCUT2D eigenvalue weighted by Crippen LogP contribution is -2.20. The van der Waals surface area contributed by atoms with Gasteiger partial charge in [0.05, 0.1) is 0 Å². The van der Waals surface area contributed by atoms with Crippen LogP contribution in [-0.2, 0) is 0 Å². The summed E-state index contributed by atoms with van der Waals surface area (Å²) in [7, 11) is 0. The average Bonchev–Trinajstić information content (AvgIpc) is 3.35. The van der Waals surface area contributed by atoms with Crippen LogP contribution >= 0.6 is 0 Å². The summed E-state index contributed by atoms with van der Waals surface area (Å²) in [6, 6.07) is 0. The van der Waals surface area contributed by atoms with E-state index < -0.39 is 0 Å². The van der Waals surface area contributed by atoms with Gasteiger partial charge >= 0.3 is 0 Å². The molecule has 0 aromatic carbocycles. The Morgan fingerprint density at radius 1 is 1.19 bits per heavy atom. The van der Waals surface area contributed by atoms with Crippen LogP contribution in [0.4, 0.5) is 11.6 Å². The Hall–Kier alpha value is -1.32. The smallest absolute Gasteiger partial charge is 0.135 e. The molecule has 4 heteroatoms. The van der Waals surface area contributed by atoms with E-state index in [4.69, 9.17) is 0 Å². The Labute approximate surface area is 128 Å². The lowest BCUT2D eigenvalue weighted by atomic mass is 10.00. The summed E-state index contributed by atoms with van der Waals surface area (Å²) in [5.74, 6) is 3.43. The molecule has 0 radical (unpaired) electrons. The molecule has 0 spiro atoms. The molecule has 2 N–H and O–H groups in total. The maximum Gasteiger partial charge on any atom is 0.135 e. The summed E-state index contributed by atoms with van der Waals surface area (Å²) in [6.45, 7) is 8.66. The van der Waals surface area contributed by atoms with Crippen LogP contribution in [0.1, 0.15) is 64.4 Å². The molecule has 0 saturated heterocycles. The second kappa shape index (κ2) is 5.82. The van der Waals surface area contributed by atoms with E-state index in [1.54, 1.807) is 6.33 Å². The Morgan fingerprint density at radius 3 is 2.38 bits per heavy atom. The summed E-state index contributed by atoms with van der Waals surface area (Å²) in [4.78, 5) is 8.96. The van der Waals surface area contributed by atoms with Crippen LogP contribution in [0.15, 0.2) is 6.33 Å². The van der Waals surface area contributed by atoms with Gasteiger partial charge in [-0.15, -0.1) is 0 Å². The quantitative estimate of drug-likeness (QED) is 0.758. The highest BCUT2D eigenvalue weighted by atomic mass is 15.1. The van der Waals surface area contributed by atoms with Gasteiger partial charge in [-0.3, -0.25) is 0 Å². The van der Waals surface area contributed by atoms with E-state index in [-0.39, 0.29) is 0 Å². The van der Waals surface area contributed by atoms with Crippen molar-refractivity contribution in [1.29, 1.82) is 0 Å². The van der Waals surface area contributed by atoms with Crippen molar-refractivity contribution in [2.24, 2.45) is 11.3 Å². The SMILES string of the molecule is CCCNc1ncnc(NCC2(C3CC3)CC2)c1C(C)C. The third-order valence-electron chi connectivity index (χ3n) is 4.95. The number of nitrogens with one attached hydrogen (secondary N) is 2. The van der Waals surface area contributed by atoms with Crippen molar-refractivity contribution in [2.45, 2.75) is 58.8 Å². The van der Waals surface area contributed by atoms with Gasteiger partial charge in [0, 0.05) is 18.7 Å². The molecule has 0 aliphatic heterocycles. The lowest BCUT2D eigenvalue weighted by molar-refractivity contribution is 0.466. The highest BCUT2D eigenvalue weighted by Gasteiger charge is 2.53. The normalized spacial score (nSPS) is 19.6. The second-order valence-electron chi connectivity index (χ2n) is 7.06. The van der Waals surface area contributed by atoms with E-state index in [1.165, 1.54) is 31.2 Å². The van der Waals surface area contributed by atoms with Crippen LogP contribution in [0.3, 0.4) is 0 Å². The van der Waals surface area contributed by atoms with Crippen molar-refractivity contribution in [2.75, 3.05) is 23.7 Å². The monoisotopic (exact) mass is 288 g/mol. The Bertz CT molecular complexity index is 490. The maximum atomic E-state index is 4.52. The van der Waals surface area contributed by atoms with Gasteiger partial charge in [-0.2, -0.15) is 0 Å². The Kier molecular flexibility index (Phi) is 4.05. The van der Waals surface area contributed by atoms with Gasteiger partial charge in [0.1, 0.15) is 18.0 Å². The van der Waals surface area contributed by atoms with Gasteiger partial charge in [0.2, 0.25) is 0 Å². The fraction of sp³-hybridized carbons (Fsp3) is 0.765. The molecule has 4 nitrogen and oxygen atoms in total. The van der Waals surface area contributed by atoms with Crippen LogP contribution in [0.5, 0.6) is 0 Å². The molecule has 1 aromatic rings. The topological polar surface area (TPSA) is 49.8 Å². The molecular weight excluding hydrogens is 260 g/mol. The third kappa shape index (κ3) is 3.14. The van der Waals surface area contributed by atoms with Crippen molar-refractivity contribution in [3.8, 4) is 0 Å². The molecule has 0 atom stereocenters. The van der Waals surface area contributed by atoms with Crippen LogP contribution in [0.25, 0.3) is 0 Å². The largest absolute Gasteiger partial charge is 0.370 e. The second-order valence-corrected chi connectivity index (χ2v) is 7.06. The molecular formula is C17H28N4. The highest BCUT2D eigenvalue weighted by molar-refractivity contribution is 5.59. The van der Waals surface area contributed by atoms with Crippen molar-refractivity contribution in [3.05, 3.63) is 11.9 Å². The Morgan fingerprint density at radius 2 is 1.86 bits per heavy atom. The van der Waals surface area contributed by atoms with Gasteiger partial charge in [0.15, 0.2) is 0 Å². The van der Waals surface area contributed by atoms with Crippen molar-refractivity contribution in [3.63, 3.8) is 0 Å². The molecule has 3 rings (SSSR count). The zero-order chi connectivity index (χ0) is 14.9. The molecule has 0 bridgehead atoms. The predicted octanol–water partition coefficient (Wildman–Crippen LogP) is 4.02. The van der Waals surface area contributed by atoms with Gasteiger partial charge in [-0.05, 0) is 49.4 Å². The maximum absolute atomic E-state index is 4.52. The molecule has 0 unspecified atom stereocenters. The number of hydrogen-bond acceptors (Lipinski definition) is 4. The fourth-order valence-electron chi connectivity index (χ4n) is 3.31. The summed E-state index contributed by atoms with van der Waals surface area (Å²) in [5, 5.41) is 7.09. The van der Waals surface area contributed by atoms with Gasteiger partial charge in [-0.25, -0.2) is 9.97 Å². The molecule has 2 saturated carbocycles. The summed E-state index contributed by atoms with van der Waals surface area (Å²) in [6.07, 6.45) is 8.46. The van der Waals surface area contributed by atoms with Crippen molar-refractivity contribution < 1.29 is 0 Å². The van der Waals surface area contributed by atoms with Gasteiger partial charge in [0.25, 0.3) is 0 Å². The van der Waals surface area contributed by atoms with Crippen molar-refractivity contribution >= 4 is 11.6 Å². The standard InChI is InChI=1S/C17H28N4/c1-4-9-18-15-14(12(2)3)16(21-11-20-15)19-10-17(7-8-17)13-5-6-13/h11-13H,4-10H2,1-3H3,(H2,18,19,20,21). The third-order valence-corrected chi connectivity index (χ3v) is 4.95. The predicted molar refractivity (Wildman–Crippen MR) is 87.8 cm³/mol. The number of nitrogens with zero attached hydrogens (tertiary/aromatic N) is 2. The summed E-state index contributed by atoms with van der Waals surface area (Å²) in [5.41, 5.74) is 1.83. The molecule has 2 aliphatic rings. The van der Waals surface area contributed by atoms with Gasteiger partial charge < -0.3 is 10.6 Å². The van der Waals surface area contributed by atoms with E-state index in [1.807, 2.05) is 0 Å². The number of anilines is 2. The number of rotatable bonds is 8. The van der Waals surface area contributed by atoms with Crippen LogP contribution < -0.4 is 10.6 Å². The molecule has 2 aliphatic carbocycles.